The predicted molar refractivity (Wildman–Crippen MR) is 85.4 cm³/mol. The van der Waals surface area contributed by atoms with Gasteiger partial charge in [0.1, 0.15) is 6.61 Å². The van der Waals surface area contributed by atoms with E-state index in [0.717, 1.165) is 51.0 Å². The van der Waals surface area contributed by atoms with Crippen molar-refractivity contribution in [2.75, 3.05) is 34.5 Å². The number of ether oxygens (including phenoxy) is 1. The van der Waals surface area contributed by atoms with Crippen molar-refractivity contribution < 1.29 is 31.2 Å². The lowest BCUT2D eigenvalue weighted by atomic mass is 10.1. The summed E-state index contributed by atoms with van der Waals surface area (Å²) in [6.07, 6.45) is 3.98. The van der Waals surface area contributed by atoms with Gasteiger partial charge >= 0.3 is 15.0 Å². The van der Waals surface area contributed by atoms with Crippen LogP contribution in [-0.2, 0) is 18.0 Å². The Hall–Kier alpha value is -0.153. The highest BCUT2D eigenvalue weighted by molar-refractivity contribution is 6.60. The van der Waals surface area contributed by atoms with E-state index in [0.29, 0.717) is 6.42 Å². The predicted octanol–water partition coefficient (Wildman–Crippen LogP) is 4.56. The molecule has 0 aromatic heterocycles. The zero-order valence-electron chi connectivity index (χ0n) is 14.5. The molecule has 0 rings (SSSR count). The first-order valence-electron chi connectivity index (χ1n) is 8.19. The number of hydrogen-bond donors (Lipinski definition) is 0. The van der Waals surface area contributed by atoms with Gasteiger partial charge < -0.3 is 18.0 Å². The maximum absolute atomic E-state index is 11.8. The summed E-state index contributed by atoms with van der Waals surface area (Å²) < 4.78 is 56.1. The minimum Gasteiger partial charge on any atom is -0.377 e. The van der Waals surface area contributed by atoms with Crippen molar-refractivity contribution in [3.05, 3.63) is 0 Å². The van der Waals surface area contributed by atoms with Crippen LogP contribution >= 0.6 is 0 Å². The Kier molecular flexibility index (Phi) is 13.1. The van der Waals surface area contributed by atoms with Crippen LogP contribution < -0.4 is 0 Å². The summed E-state index contributed by atoms with van der Waals surface area (Å²) in [6, 6.07) is 0.826. The molecule has 0 aliphatic heterocycles. The molecule has 0 bridgehead atoms. The number of rotatable bonds is 15. The molecule has 0 radical (unpaired) electrons. The quantitative estimate of drug-likeness (QED) is 0.317. The first kappa shape index (κ1) is 22.8. The molecule has 0 saturated carbocycles. The van der Waals surface area contributed by atoms with Crippen LogP contribution in [0.15, 0.2) is 0 Å². The maximum Gasteiger partial charge on any atom is 0.500 e. The normalized spacial score (nSPS) is 12.8. The molecule has 0 aromatic carbocycles. The van der Waals surface area contributed by atoms with Crippen LogP contribution in [0.5, 0.6) is 0 Å². The molecule has 0 aliphatic rings. The Morgan fingerprint density at radius 1 is 0.696 bits per heavy atom. The Balaban J connectivity index is 3.34. The average molecular weight is 360 g/mol. The lowest BCUT2D eigenvalue weighted by Gasteiger charge is -2.24. The van der Waals surface area contributed by atoms with Crippen LogP contribution in [-0.4, -0.2) is 49.5 Å². The van der Waals surface area contributed by atoms with E-state index in [2.05, 4.69) is 4.74 Å². The zero-order chi connectivity index (χ0) is 17.6. The van der Waals surface area contributed by atoms with Crippen LogP contribution in [0.3, 0.4) is 0 Å². The highest BCUT2D eigenvalue weighted by atomic mass is 28.4. The van der Waals surface area contributed by atoms with Crippen molar-refractivity contribution in [3.8, 4) is 0 Å². The topological polar surface area (TPSA) is 36.9 Å². The van der Waals surface area contributed by atoms with E-state index in [1.165, 1.54) is 0 Å². The van der Waals surface area contributed by atoms with Gasteiger partial charge in [-0.15, -0.1) is 0 Å². The van der Waals surface area contributed by atoms with Crippen molar-refractivity contribution in [3.63, 3.8) is 0 Å². The Labute approximate surface area is 139 Å². The number of alkyl halides is 3. The molecule has 0 fully saturated rings. The second-order valence-electron chi connectivity index (χ2n) is 5.54. The molecular weight excluding hydrogens is 329 g/mol. The van der Waals surface area contributed by atoms with Crippen LogP contribution in [0.25, 0.3) is 0 Å². The first-order chi connectivity index (χ1) is 10.9. The van der Waals surface area contributed by atoms with Crippen LogP contribution in [0.4, 0.5) is 13.2 Å². The van der Waals surface area contributed by atoms with E-state index < -0.39 is 21.6 Å². The van der Waals surface area contributed by atoms with E-state index in [9.17, 15) is 13.2 Å². The molecule has 8 heteroatoms. The second-order valence-corrected chi connectivity index (χ2v) is 8.63. The summed E-state index contributed by atoms with van der Waals surface area (Å²) in [4.78, 5) is 0. The molecule has 0 saturated heterocycles. The summed E-state index contributed by atoms with van der Waals surface area (Å²) in [5.41, 5.74) is 0. The molecule has 0 N–H and O–H groups in total. The first-order valence-corrected chi connectivity index (χ1v) is 10.1. The molecule has 4 nitrogen and oxygen atoms in total. The van der Waals surface area contributed by atoms with Crippen LogP contribution in [0.2, 0.25) is 6.04 Å². The molecule has 0 aromatic rings. The molecule has 0 unspecified atom stereocenters. The fourth-order valence-electron chi connectivity index (χ4n) is 2.35. The van der Waals surface area contributed by atoms with Gasteiger partial charge in [-0.2, -0.15) is 13.2 Å². The maximum atomic E-state index is 11.8. The fraction of sp³-hybridized carbons (Fsp3) is 1.00. The monoisotopic (exact) mass is 360 g/mol. The minimum atomic E-state index is -4.21. The van der Waals surface area contributed by atoms with Crippen molar-refractivity contribution in [1.29, 1.82) is 0 Å². The van der Waals surface area contributed by atoms with Crippen molar-refractivity contribution in [2.24, 2.45) is 0 Å². The van der Waals surface area contributed by atoms with Gasteiger partial charge in [-0.1, -0.05) is 38.5 Å². The third-order valence-electron chi connectivity index (χ3n) is 3.72. The highest BCUT2D eigenvalue weighted by Gasteiger charge is 2.36. The molecule has 0 aliphatic carbocycles. The molecule has 0 heterocycles. The number of halogens is 3. The van der Waals surface area contributed by atoms with Crippen molar-refractivity contribution >= 4 is 8.80 Å². The van der Waals surface area contributed by atoms with E-state index in [-0.39, 0.29) is 6.61 Å². The second kappa shape index (κ2) is 13.2. The van der Waals surface area contributed by atoms with Gasteiger partial charge in [0.05, 0.1) is 0 Å². The number of unbranched alkanes of at least 4 members (excludes halogenated alkanes) is 7. The lowest BCUT2D eigenvalue weighted by molar-refractivity contribution is -0.174. The van der Waals surface area contributed by atoms with E-state index in [1.54, 1.807) is 21.3 Å². The largest absolute Gasteiger partial charge is 0.500 e. The number of hydrogen-bond acceptors (Lipinski definition) is 4. The van der Waals surface area contributed by atoms with Gasteiger partial charge in [0.15, 0.2) is 0 Å². The lowest BCUT2D eigenvalue weighted by Crippen LogP contribution is -2.42. The summed E-state index contributed by atoms with van der Waals surface area (Å²) in [5.74, 6) is 0. The third kappa shape index (κ3) is 12.9. The Bertz CT molecular complexity index is 266. The van der Waals surface area contributed by atoms with Crippen molar-refractivity contribution in [1.82, 2.24) is 0 Å². The fourth-order valence-corrected chi connectivity index (χ4v) is 4.15. The summed E-state index contributed by atoms with van der Waals surface area (Å²) in [5, 5.41) is 0. The summed E-state index contributed by atoms with van der Waals surface area (Å²) >= 11 is 0. The van der Waals surface area contributed by atoms with Crippen LogP contribution in [0, 0.1) is 0 Å². The van der Waals surface area contributed by atoms with Crippen LogP contribution in [0.1, 0.15) is 51.4 Å². The third-order valence-corrected chi connectivity index (χ3v) is 6.55. The summed E-state index contributed by atoms with van der Waals surface area (Å²) in [7, 11) is 2.45. The Morgan fingerprint density at radius 2 is 1.13 bits per heavy atom. The molecular formula is C15H31F3O4Si. The molecule has 23 heavy (non-hydrogen) atoms. The SMILES string of the molecule is CO[Si](CCCCCCCCCCOCC(F)(F)F)(OC)OC. The van der Waals surface area contributed by atoms with Crippen molar-refractivity contribution in [2.45, 2.75) is 63.6 Å². The molecule has 0 amide bonds. The highest BCUT2D eigenvalue weighted by Crippen LogP contribution is 2.18. The van der Waals surface area contributed by atoms with E-state index >= 15 is 0 Å². The van der Waals surface area contributed by atoms with Gasteiger partial charge in [-0.25, -0.2) is 0 Å². The van der Waals surface area contributed by atoms with Gasteiger partial charge in [0.2, 0.25) is 0 Å². The van der Waals surface area contributed by atoms with Gasteiger partial charge in [-0.3, -0.25) is 0 Å². The average Bonchev–Trinajstić information content (AvgIpc) is 2.52. The standard InChI is InChI=1S/C15H31F3O4Si/c1-19-23(20-2,21-3)13-11-9-7-5-4-6-8-10-12-22-14-15(16,17)18/h4-14H2,1-3H3. The van der Waals surface area contributed by atoms with Gasteiger partial charge in [0, 0.05) is 34.0 Å². The Morgan fingerprint density at radius 3 is 1.57 bits per heavy atom. The minimum absolute atomic E-state index is 0.192. The van der Waals surface area contributed by atoms with E-state index in [4.69, 9.17) is 13.3 Å². The molecule has 0 spiro atoms. The summed E-state index contributed by atoms with van der Waals surface area (Å²) in [6.45, 7) is -0.945. The van der Waals surface area contributed by atoms with E-state index in [1.807, 2.05) is 0 Å². The smallest absolute Gasteiger partial charge is 0.377 e. The molecule has 140 valence electrons. The zero-order valence-corrected chi connectivity index (χ0v) is 15.5. The van der Waals surface area contributed by atoms with Gasteiger partial charge in [-0.05, 0) is 12.8 Å². The van der Waals surface area contributed by atoms with Gasteiger partial charge in [0.25, 0.3) is 0 Å². The molecule has 0 atom stereocenters.